The van der Waals surface area contributed by atoms with Crippen LogP contribution in [0, 0.1) is 0 Å². The van der Waals surface area contributed by atoms with E-state index in [2.05, 4.69) is 4.74 Å². The zero-order valence-corrected chi connectivity index (χ0v) is 22.0. The third kappa shape index (κ3) is 6.68. The first-order valence-electron chi connectivity index (χ1n) is 13.0. The van der Waals surface area contributed by atoms with Crippen LogP contribution >= 0.6 is 10.2 Å². The van der Waals surface area contributed by atoms with Gasteiger partial charge in [0.15, 0.2) is 6.10 Å². The number of benzene rings is 1. The molecule has 218 valence electrons. The van der Waals surface area contributed by atoms with Crippen LogP contribution in [0.1, 0.15) is 81.8 Å². The van der Waals surface area contributed by atoms with Crippen molar-refractivity contribution in [2.24, 2.45) is 0 Å². The van der Waals surface area contributed by atoms with Crippen LogP contribution in [0.5, 0.6) is 0 Å². The van der Waals surface area contributed by atoms with Crippen molar-refractivity contribution in [3.05, 3.63) is 29.3 Å². The summed E-state index contributed by atoms with van der Waals surface area (Å²) in [5.41, 5.74) is 0.0100. The van der Waals surface area contributed by atoms with E-state index in [9.17, 15) is 37.4 Å². The fraction of sp³-hybridized carbons (Fsp3) is 0.720. The Morgan fingerprint density at radius 2 is 1.61 bits per heavy atom. The second-order valence-electron chi connectivity index (χ2n) is 11.0. The molecule has 1 aromatic carbocycles. The number of hydrogen-bond acceptors (Lipinski definition) is 3. The van der Waals surface area contributed by atoms with Gasteiger partial charge >= 0.3 is 22.5 Å². The molecule has 0 radical (unpaired) electrons. The summed E-state index contributed by atoms with van der Waals surface area (Å²) in [5.74, 6) is -0.191. The molecule has 2 aliphatic heterocycles. The molecule has 1 aliphatic carbocycles. The summed E-state index contributed by atoms with van der Waals surface area (Å²) in [5, 5.41) is 0. The Hall–Kier alpha value is -1.76. The fourth-order valence-electron chi connectivity index (χ4n) is 6.10. The average Bonchev–Trinajstić information content (AvgIpc) is 3.19. The van der Waals surface area contributed by atoms with Gasteiger partial charge in [-0.15, -0.1) is 0 Å². The summed E-state index contributed by atoms with van der Waals surface area (Å²) in [6.07, 6.45) is -1.74. The Kier molecular flexibility index (Phi) is 7.24. The minimum atomic E-state index is -9.90. The summed E-state index contributed by atoms with van der Waals surface area (Å²) in [6, 6.07) is 2.83. The van der Waals surface area contributed by atoms with Crippen molar-refractivity contribution >= 4 is 16.3 Å². The lowest BCUT2D eigenvalue weighted by atomic mass is 9.83. The number of carbonyl (C=O) groups is 1. The number of ether oxygens (including phenoxy) is 1. The van der Waals surface area contributed by atoms with E-state index < -0.39 is 39.0 Å². The number of rotatable bonds is 5. The zero-order chi connectivity index (χ0) is 28.0. The van der Waals surface area contributed by atoms with Crippen LogP contribution in [-0.2, 0) is 11.3 Å². The second-order valence-corrected chi connectivity index (χ2v) is 13.4. The molecule has 1 spiro atoms. The van der Waals surface area contributed by atoms with Crippen LogP contribution in [0.2, 0.25) is 0 Å². The predicted molar refractivity (Wildman–Crippen MR) is 129 cm³/mol. The van der Waals surface area contributed by atoms with Gasteiger partial charge in [0.2, 0.25) is 0 Å². The van der Waals surface area contributed by atoms with E-state index in [4.69, 9.17) is 0 Å². The van der Waals surface area contributed by atoms with Gasteiger partial charge in [0.05, 0.1) is 0 Å². The zero-order valence-electron chi connectivity index (χ0n) is 21.2. The van der Waals surface area contributed by atoms with Crippen LogP contribution in [0.3, 0.4) is 0 Å². The van der Waals surface area contributed by atoms with E-state index in [0.717, 1.165) is 32.6 Å². The molecule has 3 fully saturated rings. The molecule has 0 bridgehead atoms. The van der Waals surface area contributed by atoms with Crippen LogP contribution in [0.15, 0.2) is 23.1 Å². The molecule has 2 heterocycles. The molecule has 0 N–H and O–H groups in total. The van der Waals surface area contributed by atoms with Crippen molar-refractivity contribution in [3.8, 4) is 0 Å². The molecule has 2 saturated heterocycles. The smallest absolute Gasteiger partial charge is 0.425 e. The Bertz CT molecular complexity index is 1030. The first kappa shape index (κ1) is 29.2. The first-order chi connectivity index (χ1) is 17.4. The van der Waals surface area contributed by atoms with Gasteiger partial charge in [-0.2, -0.15) is 13.2 Å². The quantitative estimate of drug-likeness (QED) is 0.327. The van der Waals surface area contributed by atoms with Crippen LogP contribution < -0.4 is 0 Å². The maximum atomic E-state index is 13.9. The van der Waals surface area contributed by atoms with Gasteiger partial charge in [-0.3, -0.25) is 4.90 Å². The van der Waals surface area contributed by atoms with Crippen molar-refractivity contribution in [1.29, 1.82) is 0 Å². The van der Waals surface area contributed by atoms with Crippen LogP contribution in [0.4, 0.5) is 37.4 Å². The summed E-state index contributed by atoms with van der Waals surface area (Å²) >= 11 is 0. The number of carbonyl (C=O) groups excluding carboxylic acids is 1. The largest absolute Gasteiger partial charge is 0.437 e. The van der Waals surface area contributed by atoms with E-state index in [1.807, 2.05) is 4.90 Å². The molecule has 13 heteroatoms. The number of piperidine rings is 1. The Labute approximate surface area is 217 Å². The summed E-state index contributed by atoms with van der Waals surface area (Å²) < 4.78 is 112. The van der Waals surface area contributed by atoms with Gasteiger partial charge < -0.3 is 9.64 Å². The highest BCUT2D eigenvalue weighted by molar-refractivity contribution is 8.45. The average molecular weight is 579 g/mol. The lowest BCUT2D eigenvalue weighted by Gasteiger charge is -2.45. The number of halogens is 8. The first-order valence-corrected chi connectivity index (χ1v) is 15.0. The second kappa shape index (κ2) is 9.42. The lowest BCUT2D eigenvalue weighted by Crippen LogP contribution is -2.53. The van der Waals surface area contributed by atoms with Crippen LogP contribution in [-0.4, -0.2) is 53.3 Å². The molecule has 38 heavy (non-hydrogen) atoms. The van der Waals surface area contributed by atoms with E-state index in [1.54, 1.807) is 6.07 Å². The summed E-state index contributed by atoms with van der Waals surface area (Å²) in [4.78, 5) is 13.6. The maximum absolute atomic E-state index is 13.9. The third-order valence-corrected chi connectivity index (χ3v) is 9.44. The molecule has 4 nitrogen and oxygen atoms in total. The molecule has 3 aliphatic rings. The van der Waals surface area contributed by atoms with Gasteiger partial charge in [-0.1, -0.05) is 44.8 Å². The molecule has 4 rings (SSSR count). The fourth-order valence-corrected chi connectivity index (χ4v) is 6.83. The topological polar surface area (TPSA) is 32.8 Å². The minimum absolute atomic E-state index is 0.0525. The standard InChI is InChI=1S/C25H34F8N2O2S/c1-18(25(26,27)28)37-23(36)34-12-9-24(10-13-34)8-5-11-35(24)17-19-14-21(20-6-3-2-4-7-20)16-22(15-19)38(29,30,31,32)33/h14-16,18,20H,2-13,17H2,1H3. The van der Waals surface area contributed by atoms with Crippen molar-refractivity contribution in [2.75, 3.05) is 19.6 Å². The summed E-state index contributed by atoms with van der Waals surface area (Å²) in [6.45, 7) is 1.63. The SMILES string of the molecule is CC(OC(=O)N1CCC2(CCCN2Cc2cc(C3CCCCC3)cc(S(F)(F)(F)(F)F)c2)CC1)C(F)(F)F. The minimum Gasteiger partial charge on any atom is -0.437 e. The number of hydrogen-bond donors (Lipinski definition) is 0. The maximum Gasteiger partial charge on any atom is 0.425 e. The molecule has 1 atom stereocenters. The van der Waals surface area contributed by atoms with Crippen LogP contribution in [0.25, 0.3) is 0 Å². The van der Waals surface area contributed by atoms with Crippen molar-refractivity contribution in [3.63, 3.8) is 0 Å². The Balaban J connectivity index is 1.52. The molecule has 1 unspecified atom stereocenters. The number of amides is 1. The van der Waals surface area contributed by atoms with Crippen molar-refractivity contribution in [2.45, 2.75) is 99.9 Å². The Morgan fingerprint density at radius 3 is 2.18 bits per heavy atom. The van der Waals surface area contributed by atoms with E-state index >= 15 is 0 Å². The highest BCUT2D eigenvalue weighted by Gasteiger charge is 2.65. The molecular weight excluding hydrogens is 544 g/mol. The molecule has 1 amide bonds. The third-order valence-electron chi connectivity index (χ3n) is 8.32. The van der Waals surface area contributed by atoms with E-state index in [-0.39, 0.29) is 31.1 Å². The van der Waals surface area contributed by atoms with Gasteiger partial charge in [0.25, 0.3) is 0 Å². The number of nitrogens with zero attached hydrogens (tertiary/aromatic N) is 2. The van der Waals surface area contributed by atoms with E-state index in [1.165, 1.54) is 4.90 Å². The van der Waals surface area contributed by atoms with Crippen molar-refractivity contribution < 1.29 is 42.1 Å². The molecule has 0 aromatic heterocycles. The van der Waals surface area contributed by atoms with E-state index in [0.29, 0.717) is 56.3 Å². The number of alkyl halides is 3. The summed E-state index contributed by atoms with van der Waals surface area (Å²) in [7, 11) is -9.90. The Morgan fingerprint density at radius 1 is 0.974 bits per heavy atom. The molecule has 1 saturated carbocycles. The normalized spacial score (nSPS) is 24.2. The predicted octanol–water partition coefficient (Wildman–Crippen LogP) is 8.91. The van der Waals surface area contributed by atoms with Gasteiger partial charge in [-0.25, -0.2) is 4.79 Å². The number of likely N-dealkylation sites (tertiary alicyclic amines) is 2. The van der Waals surface area contributed by atoms with Gasteiger partial charge in [-0.05, 0) is 81.2 Å². The molecule has 1 aromatic rings. The lowest BCUT2D eigenvalue weighted by molar-refractivity contribution is -0.200. The monoisotopic (exact) mass is 578 g/mol. The van der Waals surface area contributed by atoms with Crippen molar-refractivity contribution in [1.82, 2.24) is 9.80 Å². The highest BCUT2D eigenvalue weighted by atomic mass is 32.5. The molecular formula is C25H34F8N2O2S. The van der Waals surface area contributed by atoms with Gasteiger partial charge in [0, 0.05) is 25.2 Å². The van der Waals surface area contributed by atoms with Gasteiger partial charge in [0.1, 0.15) is 4.90 Å². The highest BCUT2D eigenvalue weighted by Crippen LogP contribution is 3.02.